The summed E-state index contributed by atoms with van der Waals surface area (Å²) in [7, 11) is 1.53. The number of aromatic hydroxyl groups is 1. The van der Waals surface area contributed by atoms with Crippen molar-refractivity contribution in [2.75, 3.05) is 25.0 Å². The molecule has 2 aromatic rings. The van der Waals surface area contributed by atoms with Gasteiger partial charge < -0.3 is 15.3 Å². The number of nitrogens with one attached hydrogen (secondary N) is 1. The summed E-state index contributed by atoms with van der Waals surface area (Å²) >= 11 is 6.17. The summed E-state index contributed by atoms with van der Waals surface area (Å²) in [5, 5.41) is 12.3. The number of rotatable bonds is 6. The SMILES string of the molecule is CNC(=O)c1ccc(N2CCC(C3CC3CC(c3cccc(O)c3)C(F)(F)F)CC2)nc1Cl. The average Bonchev–Trinajstić information content (AvgIpc) is 3.55. The van der Waals surface area contributed by atoms with Gasteiger partial charge in [0.25, 0.3) is 5.91 Å². The fourth-order valence-corrected chi connectivity index (χ4v) is 5.32. The molecule has 1 aromatic carbocycles. The van der Waals surface area contributed by atoms with E-state index in [-0.39, 0.29) is 34.7 Å². The Morgan fingerprint density at radius 2 is 2.00 bits per heavy atom. The van der Waals surface area contributed by atoms with E-state index in [2.05, 4.69) is 15.2 Å². The predicted molar refractivity (Wildman–Crippen MR) is 121 cm³/mol. The van der Waals surface area contributed by atoms with E-state index in [1.54, 1.807) is 12.1 Å². The number of pyridine rings is 1. The van der Waals surface area contributed by atoms with Crippen molar-refractivity contribution in [3.8, 4) is 5.75 Å². The van der Waals surface area contributed by atoms with Crippen molar-refractivity contribution in [2.24, 2.45) is 17.8 Å². The van der Waals surface area contributed by atoms with Crippen LogP contribution in [0.5, 0.6) is 5.75 Å². The number of aromatic nitrogens is 1. The number of carbonyl (C=O) groups excluding carboxylic acids is 1. The van der Waals surface area contributed by atoms with Crippen LogP contribution < -0.4 is 10.2 Å². The van der Waals surface area contributed by atoms with E-state index in [0.29, 0.717) is 23.2 Å². The topological polar surface area (TPSA) is 65.5 Å². The highest BCUT2D eigenvalue weighted by Crippen LogP contribution is 2.54. The molecule has 1 saturated heterocycles. The first-order valence-corrected chi connectivity index (χ1v) is 11.5. The van der Waals surface area contributed by atoms with Crippen molar-refractivity contribution >= 4 is 23.3 Å². The average molecular weight is 482 g/mol. The zero-order chi connectivity index (χ0) is 23.8. The molecule has 9 heteroatoms. The molecule has 33 heavy (non-hydrogen) atoms. The van der Waals surface area contributed by atoms with Crippen LogP contribution in [-0.2, 0) is 0 Å². The third kappa shape index (κ3) is 5.37. The van der Waals surface area contributed by atoms with Crippen molar-refractivity contribution in [3.05, 3.63) is 52.7 Å². The Morgan fingerprint density at radius 1 is 1.27 bits per heavy atom. The Morgan fingerprint density at radius 3 is 2.61 bits per heavy atom. The van der Waals surface area contributed by atoms with Gasteiger partial charge in [-0.3, -0.25) is 4.79 Å². The fraction of sp³-hybridized carbons (Fsp3) is 0.500. The van der Waals surface area contributed by atoms with Crippen LogP contribution in [0.3, 0.4) is 0 Å². The number of phenols is 1. The summed E-state index contributed by atoms with van der Waals surface area (Å²) in [6.45, 7) is 1.51. The molecule has 5 nitrogen and oxygen atoms in total. The van der Waals surface area contributed by atoms with Crippen molar-refractivity contribution in [1.82, 2.24) is 10.3 Å². The van der Waals surface area contributed by atoms with Gasteiger partial charge in [-0.15, -0.1) is 0 Å². The van der Waals surface area contributed by atoms with Gasteiger partial charge in [0.05, 0.1) is 11.5 Å². The number of anilines is 1. The molecule has 1 aromatic heterocycles. The first-order valence-electron chi connectivity index (χ1n) is 11.2. The minimum Gasteiger partial charge on any atom is -0.508 e. The predicted octanol–water partition coefficient (Wildman–Crippen LogP) is 5.39. The molecule has 1 aliphatic carbocycles. The number of hydrogen-bond donors (Lipinski definition) is 2. The Hall–Kier alpha value is -2.48. The van der Waals surface area contributed by atoms with E-state index >= 15 is 0 Å². The number of halogens is 4. The van der Waals surface area contributed by atoms with Crippen LogP contribution in [0.15, 0.2) is 36.4 Å². The molecular weight excluding hydrogens is 455 g/mol. The zero-order valence-electron chi connectivity index (χ0n) is 18.3. The highest BCUT2D eigenvalue weighted by molar-refractivity contribution is 6.32. The minimum atomic E-state index is -4.34. The zero-order valence-corrected chi connectivity index (χ0v) is 19.0. The lowest BCUT2D eigenvalue weighted by Gasteiger charge is -2.33. The monoisotopic (exact) mass is 481 g/mol. The van der Waals surface area contributed by atoms with Gasteiger partial charge in [0.1, 0.15) is 16.7 Å². The summed E-state index contributed by atoms with van der Waals surface area (Å²) in [6, 6.07) is 8.96. The molecule has 0 spiro atoms. The molecule has 178 valence electrons. The van der Waals surface area contributed by atoms with Gasteiger partial charge in [-0.2, -0.15) is 13.2 Å². The van der Waals surface area contributed by atoms with Gasteiger partial charge in [-0.25, -0.2) is 4.98 Å². The molecule has 1 amide bonds. The molecule has 0 bridgehead atoms. The van der Waals surface area contributed by atoms with E-state index in [1.807, 2.05) is 0 Å². The lowest BCUT2D eigenvalue weighted by atomic mass is 9.87. The van der Waals surface area contributed by atoms with Crippen LogP contribution in [0.2, 0.25) is 5.15 Å². The number of nitrogens with zero attached hydrogens (tertiary/aromatic N) is 2. The lowest BCUT2D eigenvalue weighted by Crippen LogP contribution is -2.35. The molecule has 2 N–H and O–H groups in total. The van der Waals surface area contributed by atoms with Gasteiger partial charge in [0, 0.05) is 20.1 Å². The Kier molecular flexibility index (Phi) is 6.75. The number of amides is 1. The number of phenolic OH excluding ortho intramolecular Hbond substituents is 1. The molecule has 4 rings (SSSR count). The summed E-state index contributed by atoms with van der Waals surface area (Å²) in [5.41, 5.74) is 0.454. The van der Waals surface area contributed by atoms with Crippen LogP contribution in [0.1, 0.15) is 47.5 Å². The highest BCUT2D eigenvalue weighted by atomic mass is 35.5. The molecule has 2 aliphatic rings. The number of benzene rings is 1. The van der Waals surface area contributed by atoms with Gasteiger partial charge in [-0.1, -0.05) is 23.7 Å². The maximum Gasteiger partial charge on any atom is 0.395 e. The van der Waals surface area contributed by atoms with E-state index in [9.17, 15) is 23.1 Å². The van der Waals surface area contributed by atoms with Crippen LogP contribution in [0.4, 0.5) is 19.0 Å². The number of carbonyl (C=O) groups is 1. The quantitative estimate of drug-likeness (QED) is 0.543. The molecular formula is C24H27ClF3N3O2. The van der Waals surface area contributed by atoms with Crippen LogP contribution in [0.25, 0.3) is 0 Å². The van der Waals surface area contributed by atoms with Crippen molar-refractivity contribution < 1.29 is 23.1 Å². The Balaban J connectivity index is 1.34. The van der Waals surface area contributed by atoms with Crippen molar-refractivity contribution in [3.63, 3.8) is 0 Å². The Bertz CT molecular complexity index is 1010. The molecule has 3 unspecified atom stereocenters. The molecule has 0 radical (unpaired) electrons. The smallest absolute Gasteiger partial charge is 0.395 e. The first kappa shape index (κ1) is 23.7. The molecule has 3 atom stereocenters. The largest absolute Gasteiger partial charge is 0.508 e. The first-order chi connectivity index (χ1) is 15.7. The van der Waals surface area contributed by atoms with E-state index < -0.39 is 12.1 Å². The van der Waals surface area contributed by atoms with E-state index in [4.69, 9.17) is 11.6 Å². The molecule has 2 heterocycles. The van der Waals surface area contributed by atoms with Crippen molar-refractivity contribution in [2.45, 2.75) is 37.8 Å². The van der Waals surface area contributed by atoms with Gasteiger partial charge in [-0.05, 0) is 73.3 Å². The molecule has 1 aliphatic heterocycles. The minimum absolute atomic E-state index is 0.0509. The maximum absolute atomic E-state index is 13.7. The van der Waals surface area contributed by atoms with Crippen LogP contribution in [0, 0.1) is 17.8 Å². The van der Waals surface area contributed by atoms with Crippen LogP contribution >= 0.6 is 11.6 Å². The van der Waals surface area contributed by atoms with Gasteiger partial charge in [0.15, 0.2) is 0 Å². The summed E-state index contributed by atoms with van der Waals surface area (Å²) in [4.78, 5) is 18.3. The maximum atomic E-state index is 13.7. The lowest BCUT2D eigenvalue weighted by molar-refractivity contribution is -0.153. The van der Waals surface area contributed by atoms with Crippen LogP contribution in [-0.4, -0.2) is 42.3 Å². The second-order valence-corrected chi connectivity index (χ2v) is 9.35. The normalized spacial score (nSPS) is 22.2. The Labute approximate surface area is 196 Å². The fourth-order valence-electron chi connectivity index (χ4n) is 5.08. The van der Waals surface area contributed by atoms with E-state index in [1.165, 1.54) is 31.3 Å². The summed E-state index contributed by atoms with van der Waals surface area (Å²) < 4.78 is 41.2. The second kappa shape index (κ2) is 9.41. The molecule has 1 saturated carbocycles. The number of piperidine rings is 1. The molecule has 2 fully saturated rings. The summed E-state index contributed by atoms with van der Waals surface area (Å²) in [6.07, 6.45) is -1.67. The summed E-state index contributed by atoms with van der Waals surface area (Å²) in [5.74, 6) is -0.523. The number of alkyl halides is 3. The third-order valence-electron chi connectivity index (χ3n) is 6.96. The highest BCUT2D eigenvalue weighted by Gasteiger charge is 2.49. The number of hydrogen-bond acceptors (Lipinski definition) is 4. The second-order valence-electron chi connectivity index (χ2n) is 9.00. The van der Waals surface area contributed by atoms with Crippen molar-refractivity contribution in [1.29, 1.82) is 0 Å². The van der Waals surface area contributed by atoms with E-state index in [0.717, 1.165) is 32.4 Å². The third-order valence-corrected chi connectivity index (χ3v) is 7.25. The van der Waals surface area contributed by atoms with Gasteiger partial charge >= 0.3 is 6.18 Å². The van der Waals surface area contributed by atoms with Gasteiger partial charge in [0.2, 0.25) is 0 Å². The standard InChI is InChI=1S/C24H27ClF3N3O2/c1-29-23(33)18-5-6-21(30-22(18)25)31-9-7-14(8-10-31)19-12-16(19)13-20(24(26,27)28)15-3-2-4-17(32)11-15/h2-6,11,14,16,19-20,32H,7-10,12-13H2,1H3,(H,29,33).